The third kappa shape index (κ3) is 73.5. The van der Waals surface area contributed by atoms with E-state index in [2.05, 4.69) is 43.8 Å². The molecule has 0 aromatic carbocycles. The Kier molecular flexibility index (Phi) is 90.2. The van der Waals surface area contributed by atoms with Crippen molar-refractivity contribution in [1.82, 2.24) is 10.6 Å². The summed E-state index contributed by atoms with van der Waals surface area (Å²) in [5, 5.41) is 3.97. The molecule has 119 heavy (non-hydrogen) atoms. The van der Waals surface area contributed by atoms with Crippen LogP contribution in [0.5, 0.6) is 0 Å². The molecule has 0 saturated carbocycles. The van der Waals surface area contributed by atoms with Crippen LogP contribution >= 0.6 is 0 Å². The van der Waals surface area contributed by atoms with Gasteiger partial charge in [-0.2, -0.15) is 19.6 Å². The molecule has 2 amide bonds. The quantitative estimate of drug-likeness (QED) is 0.00946. The van der Waals surface area contributed by atoms with Crippen molar-refractivity contribution in [3.8, 4) is 0 Å². The first-order valence-electron chi connectivity index (χ1n) is 37.6. The minimum absolute atomic E-state index is 0. The van der Waals surface area contributed by atoms with Gasteiger partial charge in [0.25, 0.3) is 10.0 Å². The third-order valence-corrected chi connectivity index (χ3v) is 138. The topological polar surface area (TPSA) is 512 Å². The van der Waals surface area contributed by atoms with Gasteiger partial charge in [0.15, 0.2) is 34.7 Å². The molecule has 0 bridgehead atoms. The van der Waals surface area contributed by atoms with E-state index in [4.69, 9.17) is 92.7 Å². The summed E-state index contributed by atoms with van der Waals surface area (Å²) in [5.41, 5.74) is 0.639. The average molecular weight is 2170 g/mol. The maximum Gasteiger partial charge on any atom is 0.549 e. The van der Waals surface area contributed by atoms with Crippen molar-refractivity contribution in [1.29, 1.82) is 0 Å². The molecule has 0 aliphatic heterocycles. The Morgan fingerprint density at radius 3 is 1.16 bits per heavy atom. The van der Waals surface area contributed by atoms with Gasteiger partial charge in [-0.15, -0.1) is 0 Å². The molecule has 2 radical (unpaired) electrons. The third-order valence-electron chi connectivity index (χ3n) is 16.4. The molecule has 2 atom stereocenters. The zero-order valence-corrected chi connectivity index (χ0v) is 96.7. The Balaban J connectivity index is -0.000000370. The molecular formula is C59H130F3N2O35Si18Y2-. The van der Waals surface area contributed by atoms with Crippen molar-refractivity contribution in [2.75, 3.05) is 172 Å². The molecule has 2 unspecified atom stereocenters. The first kappa shape index (κ1) is 132. The second kappa shape index (κ2) is 81.3. The van der Waals surface area contributed by atoms with Crippen molar-refractivity contribution in [2.45, 2.75) is 154 Å². The van der Waals surface area contributed by atoms with Crippen LogP contribution in [-0.2, 0) is 194 Å². The Bertz CT molecular complexity index is 2930. The number of nitrogens with one attached hydrogen (secondary N) is 2. The molecule has 60 heteroatoms. The molecule has 37 nitrogen and oxygen atoms in total. The molecule has 0 spiro atoms. The summed E-state index contributed by atoms with van der Waals surface area (Å²) in [4.78, 5) is 92.4. The molecule has 0 aliphatic carbocycles. The number of carbonyl (C=O) groups excluding carboxylic acids is 4. The summed E-state index contributed by atoms with van der Waals surface area (Å²) < 4.78 is 243. The number of alkyl carbamates (subject to hydrolysis) is 2. The number of amides is 2. The molecule has 0 aromatic heterocycles. The zero-order valence-electron chi connectivity index (χ0n) is 71.3. The van der Waals surface area contributed by atoms with Crippen LogP contribution in [0.15, 0.2) is 24.3 Å². The minimum atomic E-state index is -4.60. The Labute approximate surface area is 775 Å². The number of alkyl halides is 3. The number of carbonyl (C=O) groups is 4. The van der Waals surface area contributed by atoms with Crippen molar-refractivity contribution >= 4 is 174 Å². The van der Waals surface area contributed by atoms with Crippen LogP contribution in [0.1, 0.15) is 73.1 Å². The van der Waals surface area contributed by atoms with Gasteiger partial charge >= 0.3 is 103 Å². The Morgan fingerprint density at radius 2 is 0.832 bits per heavy atom. The van der Waals surface area contributed by atoms with Gasteiger partial charge in [-0.1, -0.05) is 72.1 Å². The standard InChI is InChI=1S/C27H67F3O20Si14.C18H34NO5Si.C14H27NO6Si.H2O2Si.O2Si.2Y/c1-26(2,3)62(5,25-8-27(28,29)30)61(40)60(39)59(38)58(37)57(36)56(35)55(34)54-50-63(6,64(52-32,53-33)49-51-31)24-7-9-42-12-13-44-16-17-46-20-21-48-23-22-47-19-18-45-15-14-43-11-10-41-4;1-6-7-14-25(4,5)15-8-10-22-12-13-24-18(21)19-9-11-23-17(20)16(2)3;1-12(2)13(16)20-8-6-15-14(17)21-10-9-19-7-5-11-22(3,4)18;2*1-3-2;;/h31-33H,7-25,51-54H2,1-6H3;1-2,6-15H2,3-5H3,(H,19,21);18H,1,5-11H2,2-4H3,(H,15,17);1,3H;;;/q;-1;;;;;. The fourth-order valence-corrected chi connectivity index (χ4v) is 150. The van der Waals surface area contributed by atoms with Crippen molar-refractivity contribution in [3.05, 3.63) is 31.2 Å². The fraction of sp³-hybridized carbons (Fsp3) is 0.847. The number of methoxy groups -OCH3 is 1. The van der Waals surface area contributed by atoms with Gasteiger partial charge in [0, 0.05) is 118 Å². The molecule has 0 rings (SSSR count). The van der Waals surface area contributed by atoms with Gasteiger partial charge in [-0.05, 0) is 75.9 Å². The van der Waals surface area contributed by atoms with Gasteiger partial charge in [0.2, 0.25) is 16.2 Å². The molecule has 0 aromatic rings. The van der Waals surface area contributed by atoms with E-state index in [1.165, 1.54) is 25.1 Å². The second-order valence-corrected chi connectivity index (χ2v) is 113. The van der Waals surface area contributed by atoms with E-state index in [9.17, 15) is 82.8 Å². The van der Waals surface area contributed by atoms with E-state index in [1.54, 1.807) is 48.3 Å². The van der Waals surface area contributed by atoms with Crippen LogP contribution in [0.25, 0.3) is 0 Å². The maximum absolute atomic E-state index is 13.5. The van der Waals surface area contributed by atoms with E-state index in [1.807, 2.05) is 13.1 Å². The van der Waals surface area contributed by atoms with Gasteiger partial charge < -0.3 is 152 Å². The monoisotopic (exact) mass is 2170 g/mol. The number of hydrogen-bond acceptors (Lipinski definition) is 34. The van der Waals surface area contributed by atoms with Gasteiger partial charge in [-0.25, -0.2) is 19.2 Å². The van der Waals surface area contributed by atoms with E-state index in [0.717, 1.165) is 25.3 Å². The first-order chi connectivity index (χ1) is 54.9. The van der Waals surface area contributed by atoms with Crippen LogP contribution in [-0.4, -0.2) is 376 Å². The largest absolute Gasteiger partial charge is 0.549 e. The molecule has 0 heterocycles. The number of unbranched alkanes of at least 4 members (excludes halogenated alkanes) is 1. The molecular weight excluding hydrogens is 2040 g/mol. The summed E-state index contributed by atoms with van der Waals surface area (Å²) in [6.45, 7) is 35.5. The number of rotatable bonds is 67. The number of halogens is 3. The fourth-order valence-electron chi connectivity index (χ4n) is 9.08. The first-order valence-corrected chi connectivity index (χ1v) is 81.1. The minimum Gasteiger partial charge on any atom is -0.541 e. The Morgan fingerprint density at radius 1 is 0.504 bits per heavy atom. The average Bonchev–Trinajstić information content (AvgIpc) is 0.786. The number of ether oxygens (including phenoxy) is 14. The predicted molar refractivity (Wildman–Crippen MR) is 454 cm³/mol. The molecule has 0 aliphatic rings. The summed E-state index contributed by atoms with van der Waals surface area (Å²) in [6.07, 6.45) is -2.59. The molecule has 7 N–H and O–H groups in total. The second-order valence-electron chi connectivity index (χ2n) is 28.1. The molecule has 686 valence electrons. The van der Waals surface area contributed by atoms with Crippen molar-refractivity contribution < 1.29 is 241 Å². The predicted octanol–water partition coefficient (Wildman–Crippen LogP) is -1.13. The smallest absolute Gasteiger partial charge is 0.541 e. The van der Waals surface area contributed by atoms with E-state index in [-0.39, 0.29) is 131 Å². The summed E-state index contributed by atoms with van der Waals surface area (Å²) in [7, 11) is -46.0. The summed E-state index contributed by atoms with van der Waals surface area (Å²) in [6, 6.07) is 3.03. The number of esters is 2. The van der Waals surface area contributed by atoms with Crippen molar-refractivity contribution in [3.63, 3.8) is 0 Å². The molecule has 0 fully saturated rings. The van der Waals surface area contributed by atoms with Gasteiger partial charge in [0.1, 0.15) is 34.0 Å². The van der Waals surface area contributed by atoms with Crippen LogP contribution < -0.4 is 10.6 Å². The van der Waals surface area contributed by atoms with Crippen LogP contribution in [0.4, 0.5) is 22.8 Å². The zero-order chi connectivity index (χ0) is 90.4. The van der Waals surface area contributed by atoms with Gasteiger partial charge in [-0.3, -0.25) is 8.92 Å². The van der Waals surface area contributed by atoms with Crippen LogP contribution in [0, 0.1) is 6.92 Å². The summed E-state index contributed by atoms with van der Waals surface area (Å²) in [5.74, 6) is -0.959. The summed E-state index contributed by atoms with van der Waals surface area (Å²) >= 11 is 0. The van der Waals surface area contributed by atoms with Gasteiger partial charge in [0.05, 0.1) is 119 Å². The molecule has 0 saturated heterocycles. The van der Waals surface area contributed by atoms with Crippen molar-refractivity contribution in [2.24, 2.45) is 0 Å². The number of hydrogen-bond donors (Lipinski definition) is 7. The van der Waals surface area contributed by atoms with Crippen LogP contribution in [0.3, 0.4) is 0 Å². The van der Waals surface area contributed by atoms with E-state index >= 15 is 0 Å². The van der Waals surface area contributed by atoms with E-state index < -0.39 is 197 Å². The Hall–Kier alpha value is 0.0217. The van der Waals surface area contributed by atoms with Crippen LogP contribution in [0.2, 0.25) is 74.5 Å². The van der Waals surface area contributed by atoms with E-state index in [0.29, 0.717) is 123 Å². The normalized spacial score (nSPS) is 12.9. The maximum atomic E-state index is 13.5. The SMILES string of the molecule is C=C(C)C(=O)OCCNC(=O)OCCOCCC[Si](C)(C)CCC[CH2-].C=C(C)C(=O)OCCNC(=O)OCCOCCC[Si](C)(C)O.COCCOCCOCCOCCOCCOCCOCCOCCC[Si](C)(O[SiH2][Si](=O)[Si](=O)[Si](=O)[Si](=O)[Si](=O)[Si](=O)[Si](=O)[Si](C)(CCC(F)(F)F)C(C)(C)C)[Si](O[SiH2]O)([SiH2]O)[SiH2]O.O=[SiH]O.O=[Si]=O.[Y].[Y].